The first-order chi connectivity index (χ1) is 11.2. The van der Waals surface area contributed by atoms with Crippen LogP contribution in [-0.4, -0.2) is 47.9 Å². The van der Waals surface area contributed by atoms with Crippen LogP contribution in [0.3, 0.4) is 0 Å². The van der Waals surface area contributed by atoms with Crippen molar-refractivity contribution in [3.63, 3.8) is 0 Å². The van der Waals surface area contributed by atoms with Gasteiger partial charge in [-0.15, -0.1) is 0 Å². The van der Waals surface area contributed by atoms with Crippen molar-refractivity contribution in [1.29, 1.82) is 0 Å². The molecule has 0 spiro atoms. The predicted octanol–water partition coefficient (Wildman–Crippen LogP) is 3.05. The highest BCUT2D eigenvalue weighted by Crippen LogP contribution is 2.37. The number of piperidine rings is 1. The number of rotatable bonds is 3. The van der Waals surface area contributed by atoms with E-state index < -0.39 is 23.1 Å². The minimum Gasteiger partial charge on any atom is -0.497 e. The van der Waals surface area contributed by atoms with Crippen LogP contribution in [0.5, 0.6) is 5.75 Å². The van der Waals surface area contributed by atoms with Crippen molar-refractivity contribution in [2.24, 2.45) is 0 Å². The van der Waals surface area contributed by atoms with Gasteiger partial charge in [0.1, 0.15) is 11.4 Å². The number of nitrogens with zero attached hydrogens (tertiary/aromatic N) is 1. The molecule has 0 saturated carbocycles. The first-order valence-corrected chi connectivity index (χ1v) is 8.04. The highest BCUT2D eigenvalue weighted by atomic mass is 16.6. The standard InChI is InChI=1S/C18H25NO5/c1-17(2,3)24-16(22)19-11-9-18(10-12-19,15(20)21)13-5-7-14(23-4)8-6-13/h5-8H,9-12H2,1-4H3,(H,20,21). The number of methoxy groups -OCH3 is 1. The van der Waals surface area contributed by atoms with Crippen molar-refractivity contribution in [2.45, 2.75) is 44.6 Å². The molecule has 1 heterocycles. The second-order valence-corrected chi connectivity index (χ2v) is 7.08. The zero-order chi connectivity index (χ0) is 18.0. The lowest BCUT2D eigenvalue weighted by Crippen LogP contribution is -2.50. The second kappa shape index (κ2) is 6.71. The molecule has 0 bridgehead atoms. The summed E-state index contributed by atoms with van der Waals surface area (Å²) in [5.74, 6) is -0.179. The van der Waals surface area contributed by atoms with Gasteiger partial charge in [-0.1, -0.05) is 12.1 Å². The molecule has 24 heavy (non-hydrogen) atoms. The zero-order valence-corrected chi connectivity index (χ0v) is 14.7. The zero-order valence-electron chi connectivity index (χ0n) is 14.7. The van der Waals surface area contributed by atoms with E-state index in [1.165, 1.54) is 0 Å². The van der Waals surface area contributed by atoms with Crippen LogP contribution in [-0.2, 0) is 14.9 Å². The smallest absolute Gasteiger partial charge is 0.410 e. The van der Waals surface area contributed by atoms with Gasteiger partial charge in [0, 0.05) is 13.1 Å². The molecule has 1 aromatic rings. The molecule has 1 saturated heterocycles. The average molecular weight is 335 g/mol. The Bertz CT molecular complexity index is 595. The molecule has 1 fully saturated rings. The maximum Gasteiger partial charge on any atom is 0.410 e. The van der Waals surface area contributed by atoms with E-state index in [9.17, 15) is 14.7 Å². The third-order valence-corrected chi connectivity index (χ3v) is 4.32. The minimum atomic E-state index is -0.981. The van der Waals surface area contributed by atoms with E-state index in [0.717, 1.165) is 5.56 Å². The number of carboxylic acids is 1. The lowest BCUT2D eigenvalue weighted by Gasteiger charge is -2.39. The summed E-state index contributed by atoms with van der Waals surface area (Å²) in [6, 6.07) is 7.10. The van der Waals surface area contributed by atoms with Gasteiger partial charge in [0.2, 0.25) is 0 Å². The van der Waals surface area contributed by atoms with Crippen LogP contribution < -0.4 is 4.74 Å². The van der Waals surface area contributed by atoms with Crippen molar-refractivity contribution in [3.05, 3.63) is 29.8 Å². The van der Waals surface area contributed by atoms with E-state index >= 15 is 0 Å². The number of hydrogen-bond donors (Lipinski definition) is 1. The number of carboxylic acid groups (broad SMARTS) is 1. The maximum atomic E-state index is 12.2. The number of likely N-dealkylation sites (tertiary alicyclic amines) is 1. The van der Waals surface area contributed by atoms with Crippen LogP contribution in [0.2, 0.25) is 0 Å². The molecule has 1 amide bonds. The molecule has 0 radical (unpaired) electrons. The number of hydrogen-bond acceptors (Lipinski definition) is 4. The molecule has 1 N–H and O–H groups in total. The van der Waals surface area contributed by atoms with Crippen molar-refractivity contribution < 1.29 is 24.2 Å². The summed E-state index contributed by atoms with van der Waals surface area (Å²) < 4.78 is 10.5. The predicted molar refractivity (Wildman–Crippen MR) is 89.3 cm³/mol. The lowest BCUT2D eigenvalue weighted by molar-refractivity contribution is -0.146. The van der Waals surface area contributed by atoms with Crippen LogP contribution >= 0.6 is 0 Å². The maximum absolute atomic E-state index is 12.2. The second-order valence-electron chi connectivity index (χ2n) is 7.08. The van der Waals surface area contributed by atoms with Gasteiger partial charge < -0.3 is 19.5 Å². The fraction of sp³-hybridized carbons (Fsp3) is 0.556. The van der Waals surface area contributed by atoms with E-state index in [-0.39, 0.29) is 0 Å². The molecule has 6 nitrogen and oxygen atoms in total. The van der Waals surface area contributed by atoms with Crippen molar-refractivity contribution in [1.82, 2.24) is 4.90 Å². The number of ether oxygens (including phenoxy) is 2. The molecule has 6 heteroatoms. The molecular weight excluding hydrogens is 310 g/mol. The van der Waals surface area contributed by atoms with Gasteiger partial charge in [0.05, 0.1) is 12.5 Å². The molecule has 1 aromatic carbocycles. The first kappa shape index (κ1) is 18.1. The Balaban J connectivity index is 2.14. The van der Waals surface area contributed by atoms with Crippen LogP contribution in [0.15, 0.2) is 24.3 Å². The average Bonchev–Trinajstić information content (AvgIpc) is 2.53. The molecule has 0 unspecified atom stereocenters. The molecule has 2 rings (SSSR count). The minimum absolute atomic E-state index is 0.354. The van der Waals surface area contributed by atoms with Crippen LogP contribution in [0.25, 0.3) is 0 Å². The van der Waals surface area contributed by atoms with Gasteiger partial charge in [-0.05, 0) is 51.3 Å². The molecular formula is C18H25NO5. The van der Waals surface area contributed by atoms with Crippen LogP contribution in [0.4, 0.5) is 4.79 Å². The molecule has 132 valence electrons. The highest BCUT2D eigenvalue weighted by Gasteiger charge is 2.44. The van der Waals surface area contributed by atoms with Gasteiger partial charge in [0.25, 0.3) is 0 Å². The monoisotopic (exact) mass is 335 g/mol. The van der Waals surface area contributed by atoms with Gasteiger partial charge in [-0.3, -0.25) is 4.79 Å². The Hall–Kier alpha value is -2.24. The lowest BCUT2D eigenvalue weighted by atomic mass is 9.73. The SMILES string of the molecule is COc1ccc(C2(C(=O)O)CCN(C(=O)OC(C)(C)C)CC2)cc1. The number of benzene rings is 1. The Morgan fingerprint density at radius 3 is 2.08 bits per heavy atom. The summed E-state index contributed by atoms with van der Waals surface area (Å²) >= 11 is 0. The molecule has 0 aliphatic carbocycles. The fourth-order valence-corrected chi connectivity index (χ4v) is 2.93. The summed E-state index contributed by atoms with van der Waals surface area (Å²) in [4.78, 5) is 25.7. The summed E-state index contributed by atoms with van der Waals surface area (Å²) in [5, 5.41) is 9.81. The normalized spacial score (nSPS) is 17.2. The first-order valence-electron chi connectivity index (χ1n) is 8.04. The Morgan fingerprint density at radius 2 is 1.67 bits per heavy atom. The summed E-state index contributed by atoms with van der Waals surface area (Å²) in [7, 11) is 1.57. The van der Waals surface area contributed by atoms with Gasteiger partial charge >= 0.3 is 12.1 Å². The molecule has 0 atom stereocenters. The molecule has 1 aliphatic rings. The van der Waals surface area contributed by atoms with Crippen molar-refractivity contribution in [3.8, 4) is 5.75 Å². The molecule has 1 aliphatic heterocycles. The summed E-state index contributed by atoms with van der Waals surface area (Å²) in [5.41, 5.74) is -0.807. The number of aliphatic carboxylic acids is 1. The highest BCUT2D eigenvalue weighted by molar-refractivity contribution is 5.82. The number of amides is 1. The summed E-state index contributed by atoms with van der Waals surface area (Å²) in [6.07, 6.45) is 0.318. The summed E-state index contributed by atoms with van der Waals surface area (Å²) in [6.45, 7) is 6.15. The fourth-order valence-electron chi connectivity index (χ4n) is 2.93. The van der Waals surface area contributed by atoms with Crippen molar-refractivity contribution >= 4 is 12.1 Å². The largest absolute Gasteiger partial charge is 0.497 e. The third kappa shape index (κ3) is 3.80. The van der Waals surface area contributed by atoms with Crippen LogP contribution in [0, 0.1) is 0 Å². The van der Waals surface area contributed by atoms with Crippen LogP contribution in [0.1, 0.15) is 39.2 Å². The van der Waals surface area contributed by atoms with E-state index in [2.05, 4.69) is 0 Å². The van der Waals surface area contributed by atoms with Gasteiger partial charge in [-0.2, -0.15) is 0 Å². The number of carbonyl (C=O) groups is 2. The topological polar surface area (TPSA) is 76.1 Å². The Kier molecular flexibility index (Phi) is 5.06. The van der Waals surface area contributed by atoms with Gasteiger partial charge in [-0.25, -0.2) is 4.79 Å². The van der Waals surface area contributed by atoms with E-state index in [0.29, 0.717) is 31.7 Å². The van der Waals surface area contributed by atoms with E-state index in [4.69, 9.17) is 9.47 Å². The third-order valence-electron chi connectivity index (χ3n) is 4.32. The van der Waals surface area contributed by atoms with Crippen molar-refractivity contribution in [2.75, 3.05) is 20.2 Å². The molecule has 0 aromatic heterocycles. The van der Waals surface area contributed by atoms with E-state index in [1.54, 1.807) is 36.3 Å². The Morgan fingerprint density at radius 1 is 1.12 bits per heavy atom. The Labute approximate surface area is 142 Å². The number of carbonyl (C=O) groups excluding carboxylic acids is 1. The quantitative estimate of drug-likeness (QED) is 0.919. The van der Waals surface area contributed by atoms with E-state index in [1.807, 2.05) is 20.8 Å². The van der Waals surface area contributed by atoms with Gasteiger partial charge in [0.15, 0.2) is 0 Å².